The van der Waals surface area contributed by atoms with Gasteiger partial charge in [0.25, 0.3) is 0 Å². The van der Waals surface area contributed by atoms with E-state index in [0.29, 0.717) is 0 Å². The first-order valence-electron chi connectivity index (χ1n) is 6.62. The summed E-state index contributed by atoms with van der Waals surface area (Å²) in [5, 5.41) is 6.44. The van der Waals surface area contributed by atoms with Crippen LogP contribution in [0.2, 0.25) is 0 Å². The van der Waals surface area contributed by atoms with E-state index in [9.17, 15) is 4.79 Å². The van der Waals surface area contributed by atoms with E-state index < -0.39 is 0 Å². The standard InChI is InChI=1S/C13H24N2O2.ClH/c1-13(2)10(8-11(13)17-3)15-12(16)9-6-4-5-7-14-9;/h9-11,14H,4-8H2,1-3H3,(H,15,16);1H/t9-,10?,11?;/m0./s1. The quantitative estimate of drug-likeness (QED) is 0.821. The summed E-state index contributed by atoms with van der Waals surface area (Å²) in [6.07, 6.45) is 4.51. The summed E-state index contributed by atoms with van der Waals surface area (Å²) in [5.74, 6) is 0.164. The highest BCUT2D eigenvalue weighted by atomic mass is 35.5. The van der Waals surface area contributed by atoms with Gasteiger partial charge in [-0.15, -0.1) is 12.4 Å². The Kier molecular flexibility index (Phi) is 5.44. The molecule has 106 valence electrons. The maximum absolute atomic E-state index is 12.1. The number of methoxy groups -OCH3 is 1. The van der Waals surface area contributed by atoms with Crippen LogP contribution >= 0.6 is 12.4 Å². The molecule has 3 atom stereocenters. The van der Waals surface area contributed by atoms with Crippen molar-refractivity contribution in [1.29, 1.82) is 0 Å². The SMILES string of the molecule is COC1CC(NC(=O)[C@@H]2CCCCN2)C1(C)C.Cl. The summed E-state index contributed by atoms with van der Waals surface area (Å²) in [7, 11) is 1.74. The maximum atomic E-state index is 12.1. The molecule has 1 amide bonds. The first-order valence-corrected chi connectivity index (χ1v) is 6.62. The molecule has 0 aromatic carbocycles. The van der Waals surface area contributed by atoms with Gasteiger partial charge in [0.05, 0.1) is 12.1 Å². The van der Waals surface area contributed by atoms with Crippen molar-refractivity contribution in [2.75, 3.05) is 13.7 Å². The number of nitrogens with one attached hydrogen (secondary N) is 2. The molecule has 0 aromatic heterocycles. The van der Waals surface area contributed by atoms with Crippen LogP contribution in [-0.2, 0) is 9.53 Å². The lowest BCUT2D eigenvalue weighted by atomic mass is 9.64. The third kappa shape index (κ3) is 2.98. The van der Waals surface area contributed by atoms with Crippen molar-refractivity contribution in [3.63, 3.8) is 0 Å². The van der Waals surface area contributed by atoms with Gasteiger partial charge in [-0.05, 0) is 25.8 Å². The molecule has 0 radical (unpaired) electrons. The zero-order chi connectivity index (χ0) is 12.5. The van der Waals surface area contributed by atoms with Crippen LogP contribution in [0.25, 0.3) is 0 Å². The third-order valence-corrected chi connectivity index (χ3v) is 4.41. The van der Waals surface area contributed by atoms with Crippen molar-refractivity contribution in [3.05, 3.63) is 0 Å². The van der Waals surface area contributed by atoms with Crippen molar-refractivity contribution in [2.24, 2.45) is 5.41 Å². The van der Waals surface area contributed by atoms with Crippen LogP contribution in [0.1, 0.15) is 39.5 Å². The summed E-state index contributed by atoms with van der Waals surface area (Å²) < 4.78 is 5.39. The van der Waals surface area contributed by atoms with E-state index in [0.717, 1.165) is 25.8 Å². The van der Waals surface area contributed by atoms with Crippen LogP contribution < -0.4 is 10.6 Å². The molecule has 2 aliphatic rings. The number of carbonyl (C=O) groups excluding carboxylic acids is 1. The van der Waals surface area contributed by atoms with Crippen molar-refractivity contribution in [2.45, 2.75) is 57.7 Å². The Bertz CT molecular complexity index is 291. The zero-order valence-corrected chi connectivity index (χ0v) is 12.3. The van der Waals surface area contributed by atoms with E-state index in [1.807, 2.05) is 0 Å². The smallest absolute Gasteiger partial charge is 0.237 e. The molecule has 0 bridgehead atoms. The minimum atomic E-state index is 0. The summed E-state index contributed by atoms with van der Waals surface area (Å²) in [6.45, 7) is 5.28. The van der Waals surface area contributed by atoms with E-state index in [4.69, 9.17) is 4.74 Å². The maximum Gasteiger partial charge on any atom is 0.237 e. The van der Waals surface area contributed by atoms with Gasteiger partial charge in [-0.3, -0.25) is 4.79 Å². The molecule has 0 spiro atoms. The second-order valence-electron chi connectivity index (χ2n) is 5.85. The minimum absolute atomic E-state index is 0. The average molecular weight is 277 g/mol. The van der Waals surface area contributed by atoms with Crippen molar-refractivity contribution in [1.82, 2.24) is 10.6 Å². The Balaban J connectivity index is 0.00000162. The lowest BCUT2D eigenvalue weighted by Gasteiger charge is -2.51. The number of carbonyl (C=O) groups is 1. The fraction of sp³-hybridized carbons (Fsp3) is 0.923. The van der Waals surface area contributed by atoms with Crippen LogP contribution in [0, 0.1) is 5.41 Å². The molecule has 2 unspecified atom stereocenters. The highest BCUT2D eigenvalue weighted by Gasteiger charge is 2.49. The van der Waals surface area contributed by atoms with Gasteiger partial charge in [0.15, 0.2) is 0 Å². The number of halogens is 1. The topological polar surface area (TPSA) is 50.4 Å². The molecule has 1 aliphatic carbocycles. The fourth-order valence-electron chi connectivity index (χ4n) is 2.88. The minimum Gasteiger partial charge on any atom is -0.381 e. The van der Waals surface area contributed by atoms with Crippen molar-refractivity contribution >= 4 is 18.3 Å². The average Bonchev–Trinajstić information content (AvgIpc) is 2.34. The van der Waals surface area contributed by atoms with Gasteiger partial charge in [0.2, 0.25) is 5.91 Å². The highest BCUT2D eigenvalue weighted by molar-refractivity contribution is 5.85. The van der Waals surface area contributed by atoms with Crippen LogP contribution in [0.5, 0.6) is 0 Å². The Morgan fingerprint density at radius 3 is 2.61 bits per heavy atom. The van der Waals surface area contributed by atoms with Crippen LogP contribution in [0.4, 0.5) is 0 Å². The fourth-order valence-corrected chi connectivity index (χ4v) is 2.88. The van der Waals surface area contributed by atoms with Gasteiger partial charge in [-0.1, -0.05) is 20.3 Å². The van der Waals surface area contributed by atoms with E-state index in [-0.39, 0.29) is 41.9 Å². The number of ether oxygens (including phenoxy) is 1. The van der Waals surface area contributed by atoms with Gasteiger partial charge < -0.3 is 15.4 Å². The summed E-state index contributed by atoms with van der Waals surface area (Å²) >= 11 is 0. The van der Waals surface area contributed by atoms with E-state index >= 15 is 0 Å². The van der Waals surface area contributed by atoms with Gasteiger partial charge in [-0.25, -0.2) is 0 Å². The predicted molar refractivity (Wildman–Crippen MR) is 74.0 cm³/mol. The van der Waals surface area contributed by atoms with Gasteiger partial charge >= 0.3 is 0 Å². The number of hydrogen-bond donors (Lipinski definition) is 2. The summed E-state index contributed by atoms with van der Waals surface area (Å²) in [5.41, 5.74) is 0.0546. The predicted octanol–water partition coefficient (Wildman–Crippen LogP) is 1.48. The van der Waals surface area contributed by atoms with Crippen molar-refractivity contribution < 1.29 is 9.53 Å². The first-order chi connectivity index (χ1) is 8.05. The normalized spacial score (nSPS) is 34.1. The molecule has 18 heavy (non-hydrogen) atoms. The molecular weight excluding hydrogens is 252 g/mol. The molecule has 2 rings (SSSR count). The highest BCUT2D eigenvalue weighted by Crippen LogP contribution is 2.42. The van der Waals surface area contributed by atoms with Gasteiger partial charge in [-0.2, -0.15) is 0 Å². The second-order valence-corrected chi connectivity index (χ2v) is 5.85. The van der Waals surface area contributed by atoms with Gasteiger partial charge in [0, 0.05) is 18.6 Å². The molecule has 1 saturated carbocycles. The molecule has 2 fully saturated rings. The van der Waals surface area contributed by atoms with E-state index in [1.165, 1.54) is 6.42 Å². The Labute approximate surface area is 116 Å². The summed E-state index contributed by atoms with van der Waals surface area (Å²) in [6, 6.07) is 0.268. The molecular formula is C13H25ClN2O2. The monoisotopic (exact) mass is 276 g/mol. The molecule has 1 saturated heterocycles. The molecule has 0 aromatic rings. The molecule has 2 N–H and O–H groups in total. The molecule has 5 heteroatoms. The Morgan fingerprint density at radius 1 is 1.39 bits per heavy atom. The Hall–Kier alpha value is -0.320. The number of amides is 1. The number of hydrogen-bond acceptors (Lipinski definition) is 3. The van der Waals surface area contributed by atoms with E-state index in [1.54, 1.807) is 7.11 Å². The van der Waals surface area contributed by atoms with Crippen molar-refractivity contribution in [3.8, 4) is 0 Å². The zero-order valence-electron chi connectivity index (χ0n) is 11.5. The molecule has 1 heterocycles. The third-order valence-electron chi connectivity index (χ3n) is 4.41. The first kappa shape index (κ1) is 15.7. The Morgan fingerprint density at radius 2 is 2.11 bits per heavy atom. The lowest BCUT2D eigenvalue weighted by molar-refractivity contribution is -0.134. The number of rotatable bonds is 3. The van der Waals surface area contributed by atoms with Crippen LogP contribution in [0.3, 0.4) is 0 Å². The van der Waals surface area contributed by atoms with Crippen LogP contribution in [0.15, 0.2) is 0 Å². The largest absolute Gasteiger partial charge is 0.381 e. The molecule has 1 aliphatic heterocycles. The molecule has 4 nitrogen and oxygen atoms in total. The van der Waals surface area contributed by atoms with Gasteiger partial charge in [0.1, 0.15) is 0 Å². The van der Waals surface area contributed by atoms with Crippen LogP contribution in [-0.4, -0.2) is 37.7 Å². The summed E-state index contributed by atoms with van der Waals surface area (Å²) in [4.78, 5) is 12.1. The number of piperidine rings is 1. The lowest BCUT2D eigenvalue weighted by Crippen LogP contribution is -2.64. The second kappa shape index (κ2) is 6.22. The van der Waals surface area contributed by atoms with E-state index in [2.05, 4.69) is 24.5 Å².